The van der Waals surface area contributed by atoms with Crippen LogP contribution in [-0.2, 0) is 18.9 Å². The molecule has 0 bridgehead atoms. The Morgan fingerprint density at radius 1 is 1.13 bits per heavy atom. The van der Waals surface area contributed by atoms with Crippen molar-refractivity contribution in [3.63, 3.8) is 0 Å². The first-order valence-corrected chi connectivity index (χ1v) is 24.0. The molecule has 346 valence electrons. The molecule has 2 aliphatic carbocycles. The first-order valence-electron chi connectivity index (χ1n) is 20.9. The van der Waals surface area contributed by atoms with Gasteiger partial charge in [-0.25, -0.2) is 14.8 Å². The number of alkyl carbamates (subject to hydrolysis) is 1. The van der Waals surface area contributed by atoms with E-state index >= 15 is 0 Å². The second-order valence-electron chi connectivity index (χ2n) is 17.7. The van der Waals surface area contributed by atoms with Crippen LogP contribution in [0.25, 0.3) is 22.3 Å². The van der Waals surface area contributed by atoms with Crippen molar-refractivity contribution in [2.24, 2.45) is 11.3 Å². The number of methoxy groups -OCH3 is 1. The minimum absolute atomic E-state index is 0.0100. The number of benzene rings is 1. The summed E-state index contributed by atoms with van der Waals surface area (Å²) in [5, 5.41) is 12.4. The first kappa shape index (κ1) is 48.3. The topological polar surface area (TPSA) is 193 Å². The summed E-state index contributed by atoms with van der Waals surface area (Å²) in [6.45, 7) is 11.1. The van der Waals surface area contributed by atoms with Crippen molar-refractivity contribution in [1.29, 1.82) is 0 Å². The molecule has 0 radical (unpaired) electrons. The highest BCUT2D eigenvalue weighted by Gasteiger charge is 2.65. The number of anilines is 1. The Bertz CT molecular complexity index is 2240. The fraction of sp³-hybridized carbons (Fsp3) is 0.595. The number of amides is 3. The number of pyridine rings is 1. The largest absolute Gasteiger partial charge is 0.495 e. The van der Waals surface area contributed by atoms with Crippen molar-refractivity contribution in [2.75, 3.05) is 38.2 Å². The van der Waals surface area contributed by atoms with Gasteiger partial charge in [0.05, 0.1) is 31.4 Å². The zero-order valence-corrected chi connectivity index (χ0v) is 38.6. The highest BCUT2D eigenvalue weighted by atomic mass is 35.5. The third-order valence-corrected chi connectivity index (χ3v) is 15.3. The van der Waals surface area contributed by atoms with Gasteiger partial charge >= 0.3 is 12.3 Å². The van der Waals surface area contributed by atoms with E-state index in [4.69, 9.17) is 35.8 Å². The van der Waals surface area contributed by atoms with Crippen LogP contribution in [0.2, 0.25) is 5.02 Å². The average Bonchev–Trinajstić information content (AvgIpc) is 3.60. The van der Waals surface area contributed by atoms with E-state index in [1.165, 1.54) is 29.4 Å². The molecule has 21 heteroatoms. The minimum atomic E-state index is -4.53. The van der Waals surface area contributed by atoms with E-state index < -0.39 is 85.5 Å². The molecular formula is C42H56ClF3N7O8PS. The number of hydrogen-bond donors (Lipinski definition) is 5. The molecule has 2 saturated carbocycles. The van der Waals surface area contributed by atoms with Crippen LogP contribution in [0.4, 0.5) is 23.1 Å². The molecule has 3 amide bonds. The lowest BCUT2D eigenvalue weighted by molar-refractivity contribution is -0.142. The van der Waals surface area contributed by atoms with Gasteiger partial charge in [-0.2, -0.15) is 13.2 Å². The molecular weight excluding hydrogens is 886 g/mol. The lowest BCUT2D eigenvalue weighted by Gasteiger charge is -2.36. The van der Waals surface area contributed by atoms with Crippen molar-refractivity contribution in [1.82, 2.24) is 30.8 Å². The van der Waals surface area contributed by atoms with Crippen LogP contribution < -0.4 is 30.7 Å². The maximum absolute atomic E-state index is 14.8. The van der Waals surface area contributed by atoms with E-state index in [2.05, 4.69) is 27.8 Å². The van der Waals surface area contributed by atoms with Gasteiger partial charge in [-0.3, -0.25) is 14.2 Å². The molecule has 63 heavy (non-hydrogen) atoms. The number of likely N-dealkylation sites (tertiary alicyclic amines) is 1. The van der Waals surface area contributed by atoms with Gasteiger partial charge in [0, 0.05) is 47.9 Å². The fourth-order valence-electron chi connectivity index (χ4n) is 8.12. The quantitative estimate of drug-likeness (QED) is 0.0504. The lowest BCUT2D eigenvalue weighted by atomic mass is 9.85. The number of nitrogens with zero attached hydrogens (tertiary/aromatic N) is 3. The smallest absolute Gasteiger partial charge is 0.408 e. The molecule has 1 saturated heterocycles. The number of carbonyl (C=O) groups is 3. The number of thiazole rings is 1. The summed E-state index contributed by atoms with van der Waals surface area (Å²) in [7, 11) is -2.91. The molecule has 15 nitrogen and oxygen atoms in total. The lowest BCUT2D eigenvalue weighted by Crippen LogP contribution is -2.58. The maximum Gasteiger partial charge on any atom is 0.408 e. The van der Waals surface area contributed by atoms with Gasteiger partial charge in [-0.15, -0.1) is 17.9 Å². The summed E-state index contributed by atoms with van der Waals surface area (Å²) in [4.78, 5) is 64.9. The number of halogens is 4. The Morgan fingerprint density at radius 3 is 2.46 bits per heavy atom. The summed E-state index contributed by atoms with van der Waals surface area (Å²) in [5.74, 6) is -1.39. The van der Waals surface area contributed by atoms with Crippen LogP contribution in [0.15, 0.2) is 36.2 Å². The standard InChI is InChI=1S/C42H56ClF3N7O8PS/c1-8-24-19-41(24,62(57,58)16-15-47-22-42(44,45)46)52-36(54)30-17-26(20-53(30)37(55)35(40(4,5)6)51-39(56)61-25-11-9-10-12-25)60-32-18-28(29-21-63-38(50-29)48-23(2)3)49-34-27(32)13-14-31(59-7)33(34)43/h8,13-14,18,21,23-26,30,35,47H,1,9-12,15-17,19-20,22H2,2-7H3,(H,48,50)(H,51,56)(H,52,54)(H,57,58)/t24?,26-,30+,35-,41+/m1/s1. The summed E-state index contributed by atoms with van der Waals surface area (Å²) in [6, 6.07) is 2.74. The van der Waals surface area contributed by atoms with Crippen LogP contribution in [0.3, 0.4) is 0 Å². The van der Waals surface area contributed by atoms with Crippen LogP contribution in [0.5, 0.6) is 11.5 Å². The predicted octanol–water partition coefficient (Wildman–Crippen LogP) is 7.71. The average molecular weight is 942 g/mol. The second-order valence-corrected chi connectivity index (χ2v) is 21.6. The summed E-state index contributed by atoms with van der Waals surface area (Å²) >= 11 is 8.22. The van der Waals surface area contributed by atoms with E-state index in [9.17, 15) is 37.0 Å². The third-order valence-electron chi connectivity index (χ3n) is 11.5. The number of rotatable bonds is 17. The van der Waals surface area contributed by atoms with E-state index in [-0.39, 0.29) is 36.6 Å². The van der Waals surface area contributed by atoms with E-state index in [1.54, 1.807) is 39.0 Å². The van der Waals surface area contributed by atoms with Crippen LogP contribution >= 0.6 is 30.3 Å². The number of carbonyl (C=O) groups excluding carboxylic acids is 3. The molecule has 1 aliphatic heterocycles. The molecule has 2 aromatic heterocycles. The molecule has 5 N–H and O–H groups in total. The maximum atomic E-state index is 14.8. The molecule has 3 heterocycles. The first-order chi connectivity index (χ1) is 29.6. The Hall–Kier alpha value is -4.16. The second kappa shape index (κ2) is 19.1. The van der Waals surface area contributed by atoms with Gasteiger partial charge in [0.15, 0.2) is 5.13 Å². The van der Waals surface area contributed by atoms with Crippen LogP contribution in [0.1, 0.15) is 73.1 Å². The van der Waals surface area contributed by atoms with Gasteiger partial charge < -0.3 is 45.3 Å². The van der Waals surface area contributed by atoms with Crippen molar-refractivity contribution < 1.29 is 51.2 Å². The number of nitrogens with one attached hydrogen (secondary N) is 4. The summed E-state index contributed by atoms with van der Waals surface area (Å²) < 4.78 is 70.3. The molecule has 1 aromatic carbocycles. The summed E-state index contributed by atoms with van der Waals surface area (Å²) in [6.07, 6.45) is -2.44. The molecule has 6 rings (SSSR count). The van der Waals surface area contributed by atoms with E-state index in [0.717, 1.165) is 12.8 Å². The number of hydrogen-bond acceptors (Lipinski definition) is 12. The Balaban J connectivity index is 1.34. The summed E-state index contributed by atoms with van der Waals surface area (Å²) in [5.41, 5.74) is 0.423. The molecule has 3 aromatic rings. The number of aromatic nitrogens is 2. The van der Waals surface area contributed by atoms with Crippen molar-refractivity contribution in [2.45, 2.75) is 115 Å². The molecule has 6 atom stereocenters. The number of ether oxygens (including phenoxy) is 3. The monoisotopic (exact) mass is 941 g/mol. The highest BCUT2D eigenvalue weighted by Crippen LogP contribution is 2.69. The fourth-order valence-corrected chi connectivity index (χ4v) is 11.5. The van der Waals surface area contributed by atoms with Crippen LogP contribution in [0, 0.1) is 11.3 Å². The normalized spacial score (nSPS) is 23.0. The third kappa shape index (κ3) is 11.2. The Kier molecular flexibility index (Phi) is 14.7. The molecule has 3 fully saturated rings. The van der Waals surface area contributed by atoms with Gasteiger partial charge in [-0.1, -0.05) is 38.4 Å². The van der Waals surface area contributed by atoms with Gasteiger partial charge in [0.1, 0.15) is 51.8 Å². The highest BCUT2D eigenvalue weighted by molar-refractivity contribution is 7.60. The van der Waals surface area contributed by atoms with Crippen molar-refractivity contribution >= 4 is 64.2 Å². The Labute approximate surface area is 373 Å². The minimum Gasteiger partial charge on any atom is -0.495 e. The van der Waals surface area contributed by atoms with Gasteiger partial charge in [0.25, 0.3) is 0 Å². The molecule has 0 spiro atoms. The zero-order valence-electron chi connectivity index (χ0n) is 36.1. The van der Waals surface area contributed by atoms with Crippen molar-refractivity contribution in [3.8, 4) is 22.9 Å². The SMILES string of the molecule is C=CC1C[C@]1(NC(=O)[C@@H]1C[C@@H](Oc2cc(-c3csc(NC(C)C)n3)nc3c(Cl)c(OC)ccc23)CN1C(=O)[C@@H](NC(=O)OC1CCCC1)C(C)(C)C)P(=O)(O)CCNCC(F)(F)F. The molecule has 3 aliphatic rings. The zero-order chi connectivity index (χ0) is 46.1. The van der Waals surface area contributed by atoms with Crippen molar-refractivity contribution in [3.05, 3.63) is 41.3 Å². The predicted molar refractivity (Wildman–Crippen MR) is 236 cm³/mol. The van der Waals surface area contributed by atoms with Gasteiger partial charge in [-0.05, 0) is 63.5 Å². The van der Waals surface area contributed by atoms with Crippen LogP contribution in [-0.4, -0.2) is 112 Å². The number of alkyl halides is 3. The molecule has 2 unspecified atom stereocenters. The van der Waals surface area contributed by atoms with E-state index in [0.29, 0.717) is 51.8 Å². The van der Waals surface area contributed by atoms with E-state index in [1.807, 2.05) is 19.2 Å². The van der Waals surface area contributed by atoms with Gasteiger partial charge in [0.2, 0.25) is 19.2 Å². The Morgan fingerprint density at radius 2 is 1.84 bits per heavy atom. The number of fused-ring (bicyclic) bond motifs is 1.